The van der Waals surface area contributed by atoms with Crippen LogP contribution in [0.25, 0.3) is 0 Å². The van der Waals surface area contributed by atoms with Crippen LogP contribution in [0.15, 0.2) is 69.2 Å². The SMILES string of the molecule is CCOC(=O)C1=C(CS(=O)(=O)c2ccc(F)cc2)NC(=O)N[C@H]1c1cccc(Br)c1. The third kappa shape index (κ3) is 4.88. The number of halogens is 2. The van der Waals surface area contributed by atoms with E-state index in [1.807, 2.05) is 0 Å². The van der Waals surface area contributed by atoms with Crippen molar-refractivity contribution in [1.82, 2.24) is 10.6 Å². The third-order valence-corrected chi connectivity index (χ3v) is 6.49. The van der Waals surface area contributed by atoms with E-state index in [0.29, 0.717) is 5.56 Å². The van der Waals surface area contributed by atoms with Gasteiger partial charge >= 0.3 is 12.0 Å². The first kappa shape index (κ1) is 22.0. The minimum Gasteiger partial charge on any atom is -0.463 e. The summed E-state index contributed by atoms with van der Waals surface area (Å²) in [6, 6.07) is 9.66. The van der Waals surface area contributed by atoms with Crippen LogP contribution in [-0.2, 0) is 19.4 Å². The molecule has 30 heavy (non-hydrogen) atoms. The Labute approximate surface area is 181 Å². The van der Waals surface area contributed by atoms with E-state index in [-0.39, 0.29) is 22.8 Å². The summed E-state index contributed by atoms with van der Waals surface area (Å²) in [6.45, 7) is 1.69. The number of esters is 1. The van der Waals surface area contributed by atoms with Crippen LogP contribution in [-0.4, -0.2) is 32.8 Å². The zero-order valence-electron chi connectivity index (χ0n) is 15.8. The molecular weight excluding hydrogens is 479 g/mol. The smallest absolute Gasteiger partial charge is 0.338 e. The number of ether oxygens (including phenoxy) is 1. The maximum atomic E-state index is 13.2. The number of hydrogen-bond donors (Lipinski definition) is 2. The molecule has 1 heterocycles. The van der Waals surface area contributed by atoms with Gasteiger partial charge in [-0.25, -0.2) is 22.4 Å². The van der Waals surface area contributed by atoms with Crippen molar-refractivity contribution in [3.05, 3.63) is 75.7 Å². The first-order valence-electron chi connectivity index (χ1n) is 8.92. The molecule has 0 spiro atoms. The lowest BCUT2D eigenvalue weighted by molar-refractivity contribution is -0.139. The quantitative estimate of drug-likeness (QED) is 0.472. The molecule has 0 fully saturated rings. The topological polar surface area (TPSA) is 102 Å². The Morgan fingerprint density at radius 3 is 2.53 bits per heavy atom. The van der Waals surface area contributed by atoms with Crippen LogP contribution in [0.2, 0.25) is 0 Å². The molecule has 0 bridgehead atoms. The molecule has 7 nitrogen and oxygen atoms in total. The van der Waals surface area contributed by atoms with Crippen LogP contribution in [0.4, 0.5) is 9.18 Å². The van der Waals surface area contributed by atoms with Gasteiger partial charge in [-0.15, -0.1) is 0 Å². The lowest BCUT2D eigenvalue weighted by Gasteiger charge is -2.29. The minimum absolute atomic E-state index is 0.0137. The molecule has 0 aliphatic carbocycles. The molecule has 2 N–H and O–H groups in total. The number of carbonyl (C=O) groups is 2. The zero-order valence-corrected chi connectivity index (χ0v) is 18.2. The van der Waals surface area contributed by atoms with E-state index >= 15 is 0 Å². The summed E-state index contributed by atoms with van der Waals surface area (Å²) in [4.78, 5) is 24.9. The third-order valence-electron chi connectivity index (χ3n) is 4.34. The van der Waals surface area contributed by atoms with Gasteiger partial charge in [0.2, 0.25) is 0 Å². The lowest BCUT2D eigenvalue weighted by atomic mass is 9.95. The lowest BCUT2D eigenvalue weighted by Crippen LogP contribution is -2.47. The largest absolute Gasteiger partial charge is 0.463 e. The van der Waals surface area contributed by atoms with Crippen LogP contribution in [0.3, 0.4) is 0 Å². The van der Waals surface area contributed by atoms with E-state index in [2.05, 4.69) is 26.6 Å². The van der Waals surface area contributed by atoms with Gasteiger partial charge in [-0.2, -0.15) is 0 Å². The molecule has 10 heteroatoms. The van der Waals surface area contributed by atoms with E-state index in [4.69, 9.17) is 4.74 Å². The van der Waals surface area contributed by atoms with Crippen LogP contribution in [0, 0.1) is 5.82 Å². The number of rotatable bonds is 6. The highest BCUT2D eigenvalue weighted by atomic mass is 79.9. The van der Waals surface area contributed by atoms with E-state index in [1.165, 1.54) is 0 Å². The molecule has 3 rings (SSSR count). The van der Waals surface area contributed by atoms with E-state index in [9.17, 15) is 22.4 Å². The Hall–Kier alpha value is -2.72. The number of urea groups is 1. The summed E-state index contributed by atoms with van der Waals surface area (Å²) in [5.74, 6) is -1.99. The van der Waals surface area contributed by atoms with Crippen molar-refractivity contribution < 1.29 is 27.1 Å². The normalized spacial score (nSPS) is 16.6. The Kier molecular flexibility index (Phi) is 6.57. The second-order valence-electron chi connectivity index (χ2n) is 6.41. The molecule has 0 unspecified atom stereocenters. The van der Waals surface area contributed by atoms with Crippen molar-refractivity contribution in [3.63, 3.8) is 0 Å². The first-order valence-corrected chi connectivity index (χ1v) is 11.4. The highest BCUT2D eigenvalue weighted by molar-refractivity contribution is 9.10. The van der Waals surface area contributed by atoms with Gasteiger partial charge in [-0.05, 0) is 48.9 Å². The predicted molar refractivity (Wildman–Crippen MR) is 111 cm³/mol. The van der Waals surface area contributed by atoms with Gasteiger partial charge in [0.15, 0.2) is 9.84 Å². The fourth-order valence-corrected chi connectivity index (χ4v) is 4.78. The van der Waals surface area contributed by atoms with E-state index in [0.717, 1.165) is 28.7 Å². The van der Waals surface area contributed by atoms with Crippen molar-refractivity contribution in [1.29, 1.82) is 0 Å². The summed E-state index contributed by atoms with van der Waals surface area (Å²) < 4.78 is 44.7. The van der Waals surface area contributed by atoms with Gasteiger partial charge in [-0.1, -0.05) is 28.1 Å². The van der Waals surface area contributed by atoms with Crippen molar-refractivity contribution >= 4 is 37.8 Å². The summed E-state index contributed by atoms with van der Waals surface area (Å²) in [7, 11) is -3.98. The number of carbonyl (C=O) groups excluding carboxylic acids is 2. The summed E-state index contributed by atoms with van der Waals surface area (Å²) >= 11 is 3.34. The molecule has 0 saturated heterocycles. The Bertz CT molecular complexity index is 1120. The summed E-state index contributed by atoms with van der Waals surface area (Å²) in [5, 5.41) is 5.06. The Balaban J connectivity index is 2.10. The van der Waals surface area contributed by atoms with Gasteiger partial charge in [0, 0.05) is 10.2 Å². The molecule has 0 aromatic heterocycles. The molecule has 158 valence electrons. The molecule has 1 aliphatic rings. The van der Waals surface area contributed by atoms with Crippen LogP contribution in [0.5, 0.6) is 0 Å². The van der Waals surface area contributed by atoms with Crippen LogP contribution < -0.4 is 10.6 Å². The molecular formula is C20H18BrFN2O5S. The highest BCUT2D eigenvalue weighted by Crippen LogP contribution is 2.30. The average molecular weight is 497 g/mol. The second kappa shape index (κ2) is 8.97. The monoisotopic (exact) mass is 496 g/mol. The van der Waals surface area contributed by atoms with Crippen LogP contribution in [0.1, 0.15) is 18.5 Å². The number of nitrogens with one attached hydrogen (secondary N) is 2. The predicted octanol–water partition coefficient (Wildman–Crippen LogP) is 3.23. The molecule has 1 aliphatic heterocycles. The standard InChI is InChI=1S/C20H18BrFN2O5S/c1-2-29-19(25)17-16(11-30(27,28)15-8-6-14(22)7-9-15)23-20(26)24-18(17)12-4-3-5-13(21)10-12/h3-10,18H,2,11H2,1H3,(H2,23,24,26)/t18-/m0/s1. The van der Waals surface area contributed by atoms with Gasteiger partial charge in [0.25, 0.3) is 0 Å². The molecule has 2 aromatic carbocycles. The van der Waals surface area contributed by atoms with E-state index < -0.39 is 39.4 Å². The fraction of sp³-hybridized carbons (Fsp3) is 0.200. The van der Waals surface area contributed by atoms with E-state index in [1.54, 1.807) is 31.2 Å². The van der Waals surface area contributed by atoms with Crippen molar-refractivity contribution in [3.8, 4) is 0 Å². The van der Waals surface area contributed by atoms with Crippen LogP contribution >= 0.6 is 15.9 Å². The van der Waals surface area contributed by atoms with Gasteiger partial charge < -0.3 is 15.4 Å². The molecule has 0 radical (unpaired) electrons. The van der Waals surface area contributed by atoms with Crippen molar-refractivity contribution in [2.24, 2.45) is 0 Å². The van der Waals surface area contributed by atoms with Crippen molar-refractivity contribution in [2.75, 3.05) is 12.4 Å². The molecule has 0 saturated carbocycles. The van der Waals surface area contributed by atoms with Gasteiger partial charge in [0.1, 0.15) is 5.82 Å². The second-order valence-corrected chi connectivity index (χ2v) is 9.32. The minimum atomic E-state index is -3.98. The Morgan fingerprint density at radius 1 is 1.20 bits per heavy atom. The Morgan fingerprint density at radius 2 is 1.90 bits per heavy atom. The number of amides is 2. The number of sulfone groups is 1. The van der Waals surface area contributed by atoms with Crippen molar-refractivity contribution in [2.45, 2.75) is 17.9 Å². The maximum absolute atomic E-state index is 13.2. The number of hydrogen-bond acceptors (Lipinski definition) is 5. The van der Waals surface area contributed by atoms with Gasteiger partial charge in [-0.3, -0.25) is 0 Å². The summed E-state index contributed by atoms with van der Waals surface area (Å²) in [5.41, 5.74) is 0.464. The summed E-state index contributed by atoms with van der Waals surface area (Å²) in [6.07, 6.45) is 0. The number of benzene rings is 2. The highest BCUT2D eigenvalue weighted by Gasteiger charge is 2.35. The fourth-order valence-electron chi connectivity index (χ4n) is 3.03. The maximum Gasteiger partial charge on any atom is 0.338 e. The molecule has 2 amide bonds. The zero-order chi connectivity index (χ0) is 21.9. The average Bonchev–Trinajstić information content (AvgIpc) is 2.67. The van der Waals surface area contributed by atoms with Gasteiger partial charge in [0.05, 0.1) is 28.9 Å². The molecule has 1 atom stereocenters. The first-order chi connectivity index (χ1) is 14.2. The molecule has 2 aromatic rings.